The first-order valence-corrected chi connectivity index (χ1v) is 13.7. The van der Waals surface area contributed by atoms with Gasteiger partial charge in [0.15, 0.2) is 0 Å². The van der Waals surface area contributed by atoms with Crippen molar-refractivity contribution in [3.8, 4) is 0 Å². The molecule has 0 aromatic rings. The second-order valence-corrected chi connectivity index (χ2v) is 14.7. The maximum absolute atomic E-state index is 10.8. The molecule has 0 saturated heterocycles. The molecule has 31 heavy (non-hydrogen) atoms. The first-order chi connectivity index (χ1) is 14.3. The van der Waals surface area contributed by atoms with Gasteiger partial charge in [-0.15, -0.1) is 0 Å². The molecule has 1 nitrogen and oxygen atoms in total. The second-order valence-electron chi connectivity index (χ2n) is 14.7. The van der Waals surface area contributed by atoms with Crippen LogP contribution in [0.1, 0.15) is 113 Å². The van der Waals surface area contributed by atoms with Crippen LogP contribution in [0.15, 0.2) is 11.6 Å². The van der Waals surface area contributed by atoms with E-state index in [0.717, 1.165) is 30.1 Å². The van der Waals surface area contributed by atoms with E-state index in [9.17, 15) is 5.11 Å². The zero-order chi connectivity index (χ0) is 22.6. The van der Waals surface area contributed by atoms with Crippen molar-refractivity contribution in [3.05, 3.63) is 11.6 Å². The van der Waals surface area contributed by atoms with Gasteiger partial charge in [0.05, 0.1) is 6.10 Å². The highest BCUT2D eigenvalue weighted by molar-refractivity contribution is 5.33. The summed E-state index contributed by atoms with van der Waals surface area (Å²) in [6.45, 7) is 20.4. The molecule has 0 radical (unpaired) electrons. The van der Waals surface area contributed by atoms with E-state index in [0.29, 0.717) is 27.6 Å². The standard InChI is InChI=1S/C30H50O/c1-19(2)20-9-12-24-28(20,6)17-18-29(7)22-10-11-23-26(3,4)25(31)14-15-27(23,5)21(22)13-16-30(24,29)8/h13,19-20,22-25,31H,9-12,14-18H2,1-8H3/t20-,22-,23+,24-,25+,27-,28-,29-,30+/m1/s1. The first-order valence-electron chi connectivity index (χ1n) is 13.7. The third-order valence-corrected chi connectivity index (χ3v) is 13.2. The fourth-order valence-electron chi connectivity index (χ4n) is 11.2. The Balaban J connectivity index is 1.55. The van der Waals surface area contributed by atoms with Crippen molar-refractivity contribution in [1.82, 2.24) is 0 Å². The average Bonchev–Trinajstić information content (AvgIpc) is 3.05. The van der Waals surface area contributed by atoms with Crippen molar-refractivity contribution in [2.75, 3.05) is 0 Å². The maximum atomic E-state index is 10.8. The van der Waals surface area contributed by atoms with E-state index in [1.807, 2.05) is 5.57 Å². The predicted octanol–water partition coefficient (Wildman–Crippen LogP) is 8.02. The van der Waals surface area contributed by atoms with Crippen LogP contribution < -0.4 is 0 Å². The molecule has 5 aliphatic carbocycles. The number of fused-ring (bicyclic) bond motifs is 7. The number of rotatable bonds is 1. The number of hydrogen-bond donors (Lipinski definition) is 1. The van der Waals surface area contributed by atoms with Gasteiger partial charge >= 0.3 is 0 Å². The molecule has 0 amide bonds. The van der Waals surface area contributed by atoms with E-state index in [2.05, 4.69) is 61.5 Å². The lowest BCUT2D eigenvalue weighted by Gasteiger charge is -2.69. The Morgan fingerprint density at radius 1 is 0.806 bits per heavy atom. The predicted molar refractivity (Wildman–Crippen MR) is 131 cm³/mol. The molecule has 4 saturated carbocycles. The molecule has 0 spiro atoms. The summed E-state index contributed by atoms with van der Waals surface area (Å²) in [5.41, 5.74) is 3.61. The number of hydrogen-bond acceptors (Lipinski definition) is 1. The molecule has 1 heteroatoms. The molecule has 9 atom stereocenters. The van der Waals surface area contributed by atoms with Crippen LogP contribution >= 0.6 is 0 Å². The Bertz CT molecular complexity index is 777. The monoisotopic (exact) mass is 426 g/mol. The summed E-state index contributed by atoms with van der Waals surface area (Å²) < 4.78 is 0. The molecule has 0 aliphatic heterocycles. The molecule has 0 aromatic heterocycles. The Labute approximate surface area is 192 Å². The molecular weight excluding hydrogens is 376 g/mol. The summed E-state index contributed by atoms with van der Waals surface area (Å²) in [6.07, 6.45) is 14.6. The van der Waals surface area contributed by atoms with Crippen molar-refractivity contribution in [1.29, 1.82) is 0 Å². The van der Waals surface area contributed by atoms with Gasteiger partial charge in [0.2, 0.25) is 0 Å². The highest BCUT2D eigenvalue weighted by Gasteiger charge is 2.68. The highest BCUT2D eigenvalue weighted by Crippen LogP contribution is 2.76. The number of aliphatic hydroxyl groups is 1. The number of aliphatic hydroxyl groups excluding tert-OH is 1. The average molecular weight is 427 g/mol. The minimum atomic E-state index is -0.131. The Hall–Kier alpha value is -0.300. The Morgan fingerprint density at radius 3 is 2.16 bits per heavy atom. The van der Waals surface area contributed by atoms with Crippen molar-refractivity contribution in [3.63, 3.8) is 0 Å². The van der Waals surface area contributed by atoms with Gasteiger partial charge in [0, 0.05) is 0 Å². The van der Waals surface area contributed by atoms with Gasteiger partial charge < -0.3 is 5.11 Å². The van der Waals surface area contributed by atoms with Crippen LogP contribution in [0, 0.1) is 56.7 Å². The zero-order valence-corrected chi connectivity index (χ0v) is 21.9. The highest BCUT2D eigenvalue weighted by atomic mass is 16.3. The van der Waals surface area contributed by atoms with Crippen molar-refractivity contribution in [2.45, 2.75) is 119 Å². The van der Waals surface area contributed by atoms with Crippen molar-refractivity contribution < 1.29 is 5.11 Å². The molecule has 0 aromatic carbocycles. The van der Waals surface area contributed by atoms with Gasteiger partial charge in [-0.05, 0) is 114 Å². The maximum Gasteiger partial charge on any atom is 0.0594 e. The third-order valence-electron chi connectivity index (χ3n) is 13.2. The molecule has 4 fully saturated rings. The molecule has 0 heterocycles. The van der Waals surface area contributed by atoms with Crippen LogP contribution in [0.3, 0.4) is 0 Å². The second kappa shape index (κ2) is 6.64. The van der Waals surface area contributed by atoms with E-state index in [1.165, 1.54) is 51.4 Å². The minimum absolute atomic E-state index is 0.0432. The summed E-state index contributed by atoms with van der Waals surface area (Å²) in [5.74, 6) is 4.02. The summed E-state index contributed by atoms with van der Waals surface area (Å²) in [5, 5.41) is 10.8. The summed E-state index contributed by atoms with van der Waals surface area (Å²) >= 11 is 0. The van der Waals surface area contributed by atoms with Gasteiger partial charge in [-0.1, -0.05) is 67.0 Å². The Kier molecular flexibility index (Phi) is 4.82. The lowest BCUT2D eigenvalue weighted by Crippen LogP contribution is -2.62. The van der Waals surface area contributed by atoms with E-state index < -0.39 is 0 Å². The van der Waals surface area contributed by atoms with Gasteiger partial charge in [-0.3, -0.25) is 0 Å². The van der Waals surface area contributed by atoms with Crippen molar-refractivity contribution in [2.24, 2.45) is 56.7 Å². The lowest BCUT2D eigenvalue weighted by molar-refractivity contribution is -0.165. The molecular formula is C30H50O. The lowest BCUT2D eigenvalue weighted by atomic mass is 9.35. The molecule has 1 N–H and O–H groups in total. The summed E-state index contributed by atoms with van der Waals surface area (Å²) in [4.78, 5) is 0. The smallest absolute Gasteiger partial charge is 0.0594 e. The molecule has 0 bridgehead atoms. The first kappa shape index (κ1) is 22.5. The van der Waals surface area contributed by atoms with Crippen LogP contribution in [0.25, 0.3) is 0 Å². The van der Waals surface area contributed by atoms with Gasteiger partial charge in [0.25, 0.3) is 0 Å². The molecule has 5 rings (SSSR count). The van der Waals surface area contributed by atoms with Crippen LogP contribution in [0.4, 0.5) is 0 Å². The van der Waals surface area contributed by atoms with Gasteiger partial charge in [-0.25, -0.2) is 0 Å². The van der Waals surface area contributed by atoms with Gasteiger partial charge in [-0.2, -0.15) is 0 Å². The van der Waals surface area contributed by atoms with Crippen LogP contribution in [0.2, 0.25) is 0 Å². The molecule has 5 aliphatic rings. The summed E-state index contributed by atoms with van der Waals surface area (Å²) in [6, 6.07) is 0. The zero-order valence-electron chi connectivity index (χ0n) is 21.9. The van der Waals surface area contributed by atoms with E-state index in [-0.39, 0.29) is 11.5 Å². The quantitative estimate of drug-likeness (QED) is 0.421. The van der Waals surface area contributed by atoms with E-state index in [1.54, 1.807) is 0 Å². The normalized spacial score (nSPS) is 55.7. The molecule has 0 unspecified atom stereocenters. The fourth-order valence-corrected chi connectivity index (χ4v) is 11.2. The summed E-state index contributed by atoms with van der Waals surface area (Å²) in [7, 11) is 0. The van der Waals surface area contributed by atoms with Crippen LogP contribution in [0.5, 0.6) is 0 Å². The third kappa shape index (κ3) is 2.60. The van der Waals surface area contributed by atoms with Crippen molar-refractivity contribution >= 4 is 0 Å². The van der Waals surface area contributed by atoms with Crippen LogP contribution in [-0.2, 0) is 0 Å². The minimum Gasteiger partial charge on any atom is -0.393 e. The largest absolute Gasteiger partial charge is 0.393 e. The van der Waals surface area contributed by atoms with Crippen LogP contribution in [-0.4, -0.2) is 11.2 Å². The van der Waals surface area contributed by atoms with E-state index in [4.69, 9.17) is 0 Å². The fraction of sp³-hybridized carbons (Fsp3) is 0.933. The Morgan fingerprint density at radius 2 is 1.48 bits per heavy atom. The van der Waals surface area contributed by atoms with Gasteiger partial charge in [0.1, 0.15) is 0 Å². The molecule has 176 valence electrons. The SMILES string of the molecule is CC(C)[C@H]1CC[C@@H]2[C@]1(C)CC[C@]1(C)[C@@H]3CC[C@H]4C(C)(C)[C@@H](O)CC[C@]4(C)C3=CC[C@@]21C. The topological polar surface area (TPSA) is 20.2 Å². The number of allylic oxidation sites excluding steroid dienone is 2. The van der Waals surface area contributed by atoms with E-state index >= 15 is 0 Å².